The number of rotatable bonds is 4. The first-order valence-electron chi connectivity index (χ1n) is 7.87. The summed E-state index contributed by atoms with van der Waals surface area (Å²) in [6.45, 7) is 7.66. The van der Waals surface area contributed by atoms with Crippen LogP contribution in [0.25, 0.3) is 5.65 Å². The number of hydrogen-bond donors (Lipinski definition) is 1. The molecule has 1 N–H and O–H groups in total. The summed E-state index contributed by atoms with van der Waals surface area (Å²) in [6.07, 6.45) is 3.07. The molecular formula is C16H22N4O2. The van der Waals surface area contributed by atoms with Crippen molar-refractivity contribution in [3.05, 3.63) is 33.9 Å². The highest BCUT2D eigenvalue weighted by Gasteiger charge is 2.32. The summed E-state index contributed by atoms with van der Waals surface area (Å²) in [5.74, 6) is 0.620. The number of fused-ring (bicyclic) bond motifs is 1. The number of hydrogen-bond acceptors (Lipinski definition) is 3. The van der Waals surface area contributed by atoms with Gasteiger partial charge in [0.2, 0.25) is 5.91 Å². The lowest BCUT2D eigenvalue weighted by Crippen LogP contribution is -2.29. The van der Waals surface area contributed by atoms with Gasteiger partial charge in [0, 0.05) is 43.3 Å². The Labute approximate surface area is 129 Å². The van der Waals surface area contributed by atoms with E-state index in [1.54, 1.807) is 6.07 Å². The van der Waals surface area contributed by atoms with Gasteiger partial charge < -0.3 is 4.90 Å². The average molecular weight is 302 g/mol. The predicted octanol–water partition coefficient (Wildman–Crippen LogP) is 1.56. The van der Waals surface area contributed by atoms with Gasteiger partial charge in [0.25, 0.3) is 5.56 Å². The van der Waals surface area contributed by atoms with Crippen molar-refractivity contribution in [3.63, 3.8) is 0 Å². The van der Waals surface area contributed by atoms with Gasteiger partial charge in [-0.25, -0.2) is 9.50 Å². The highest BCUT2D eigenvalue weighted by Crippen LogP contribution is 2.27. The summed E-state index contributed by atoms with van der Waals surface area (Å²) in [4.78, 5) is 30.9. The molecule has 1 saturated heterocycles. The van der Waals surface area contributed by atoms with E-state index in [2.05, 4.69) is 23.9 Å². The summed E-state index contributed by atoms with van der Waals surface area (Å²) in [5.41, 5.74) is 2.32. The summed E-state index contributed by atoms with van der Waals surface area (Å²) in [6, 6.07) is 1.56. The summed E-state index contributed by atoms with van der Waals surface area (Å²) < 4.78 is 1.46. The lowest BCUT2D eigenvalue weighted by atomic mass is 10.0. The zero-order chi connectivity index (χ0) is 15.9. The SMILES string of the molecule is CCc1c[nH]n2c(=O)cc(C3CC(=O)N(CC(C)C)C3)nc12. The fourth-order valence-electron chi connectivity index (χ4n) is 3.10. The molecule has 1 unspecified atom stereocenters. The molecule has 0 bridgehead atoms. The lowest BCUT2D eigenvalue weighted by molar-refractivity contribution is -0.128. The Kier molecular flexibility index (Phi) is 3.76. The first-order chi connectivity index (χ1) is 10.5. The number of likely N-dealkylation sites (tertiary alicyclic amines) is 1. The number of aromatic nitrogens is 3. The van der Waals surface area contributed by atoms with E-state index in [1.165, 1.54) is 4.52 Å². The maximum atomic E-state index is 12.2. The van der Waals surface area contributed by atoms with Crippen molar-refractivity contribution in [1.29, 1.82) is 0 Å². The molecule has 0 aromatic carbocycles. The minimum atomic E-state index is -0.116. The standard InChI is InChI=1S/C16H22N4O2/c1-4-11-7-17-20-15(22)6-13(18-16(11)20)12-5-14(21)19(9-12)8-10(2)3/h6-7,10,12,17H,4-5,8-9H2,1-3H3. The quantitative estimate of drug-likeness (QED) is 0.931. The van der Waals surface area contributed by atoms with Gasteiger partial charge in [0.1, 0.15) is 0 Å². The molecule has 3 rings (SSSR count). The number of aromatic amines is 1. The van der Waals surface area contributed by atoms with Gasteiger partial charge in [-0.1, -0.05) is 20.8 Å². The van der Waals surface area contributed by atoms with Crippen molar-refractivity contribution in [1.82, 2.24) is 19.5 Å². The third kappa shape index (κ3) is 2.53. The molecule has 2 aromatic heterocycles. The number of carbonyl (C=O) groups excluding carboxylic acids is 1. The average Bonchev–Trinajstić information content (AvgIpc) is 3.02. The van der Waals surface area contributed by atoms with Crippen molar-refractivity contribution in [2.75, 3.05) is 13.1 Å². The van der Waals surface area contributed by atoms with Crippen LogP contribution in [-0.2, 0) is 11.2 Å². The minimum absolute atomic E-state index is 0.0172. The van der Waals surface area contributed by atoms with E-state index in [1.807, 2.05) is 18.0 Å². The molecule has 0 spiro atoms. The zero-order valence-corrected chi connectivity index (χ0v) is 13.3. The lowest BCUT2D eigenvalue weighted by Gasteiger charge is -2.18. The molecule has 1 amide bonds. The fourth-order valence-corrected chi connectivity index (χ4v) is 3.10. The number of nitrogens with one attached hydrogen (secondary N) is 1. The molecule has 1 aliphatic heterocycles. The number of aryl methyl sites for hydroxylation is 1. The molecule has 6 nitrogen and oxygen atoms in total. The van der Waals surface area contributed by atoms with E-state index in [9.17, 15) is 9.59 Å². The fraction of sp³-hybridized carbons (Fsp3) is 0.562. The van der Waals surface area contributed by atoms with E-state index in [-0.39, 0.29) is 17.4 Å². The monoisotopic (exact) mass is 302 g/mol. The number of nitrogens with zero attached hydrogens (tertiary/aromatic N) is 3. The van der Waals surface area contributed by atoms with Crippen molar-refractivity contribution in [2.45, 2.75) is 39.5 Å². The van der Waals surface area contributed by atoms with Gasteiger partial charge in [0.05, 0.1) is 5.69 Å². The van der Waals surface area contributed by atoms with Crippen LogP contribution in [-0.4, -0.2) is 38.5 Å². The van der Waals surface area contributed by atoms with Crippen LogP contribution >= 0.6 is 0 Å². The summed E-state index contributed by atoms with van der Waals surface area (Å²) in [7, 11) is 0. The van der Waals surface area contributed by atoms with Crippen LogP contribution in [0.5, 0.6) is 0 Å². The Bertz CT molecular complexity index is 759. The van der Waals surface area contributed by atoms with Crippen LogP contribution < -0.4 is 5.56 Å². The molecule has 22 heavy (non-hydrogen) atoms. The van der Waals surface area contributed by atoms with Crippen LogP contribution in [0.3, 0.4) is 0 Å². The zero-order valence-electron chi connectivity index (χ0n) is 13.3. The second kappa shape index (κ2) is 5.59. The van der Waals surface area contributed by atoms with E-state index in [4.69, 9.17) is 0 Å². The Hall–Kier alpha value is -2.11. The molecule has 1 fully saturated rings. The Morgan fingerprint density at radius 1 is 1.41 bits per heavy atom. The second-order valence-electron chi connectivity index (χ2n) is 6.42. The molecule has 0 aliphatic carbocycles. The Balaban J connectivity index is 1.94. The highest BCUT2D eigenvalue weighted by atomic mass is 16.2. The van der Waals surface area contributed by atoms with E-state index in [0.29, 0.717) is 24.5 Å². The normalized spacial score (nSPS) is 18.8. The number of carbonyl (C=O) groups is 1. The van der Waals surface area contributed by atoms with Crippen molar-refractivity contribution in [3.8, 4) is 0 Å². The van der Waals surface area contributed by atoms with Crippen LogP contribution in [0.15, 0.2) is 17.1 Å². The van der Waals surface area contributed by atoms with Crippen LogP contribution in [0.4, 0.5) is 0 Å². The maximum Gasteiger partial charge on any atom is 0.272 e. The topological polar surface area (TPSA) is 70.5 Å². The van der Waals surface area contributed by atoms with Crippen LogP contribution in [0, 0.1) is 5.92 Å². The third-order valence-electron chi connectivity index (χ3n) is 4.19. The number of H-pyrrole nitrogens is 1. The molecule has 1 aliphatic rings. The predicted molar refractivity (Wildman–Crippen MR) is 84.0 cm³/mol. The minimum Gasteiger partial charge on any atom is -0.342 e. The molecule has 6 heteroatoms. The van der Waals surface area contributed by atoms with Gasteiger partial charge in [-0.3, -0.25) is 14.7 Å². The number of amides is 1. The molecule has 0 saturated carbocycles. The smallest absolute Gasteiger partial charge is 0.272 e. The maximum absolute atomic E-state index is 12.2. The Morgan fingerprint density at radius 2 is 2.18 bits per heavy atom. The third-order valence-corrected chi connectivity index (χ3v) is 4.19. The van der Waals surface area contributed by atoms with Gasteiger partial charge >= 0.3 is 0 Å². The Morgan fingerprint density at radius 3 is 2.86 bits per heavy atom. The van der Waals surface area contributed by atoms with Crippen molar-refractivity contribution < 1.29 is 4.79 Å². The molecule has 1 atom stereocenters. The van der Waals surface area contributed by atoms with Gasteiger partial charge in [0.15, 0.2) is 5.65 Å². The van der Waals surface area contributed by atoms with E-state index < -0.39 is 0 Å². The molecule has 0 radical (unpaired) electrons. The van der Waals surface area contributed by atoms with E-state index >= 15 is 0 Å². The first kappa shape index (κ1) is 14.8. The van der Waals surface area contributed by atoms with Gasteiger partial charge in [-0.05, 0) is 12.3 Å². The molecule has 2 aromatic rings. The van der Waals surface area contributed by atoms with Gasteiger partial charge in [-0.2, -0.15) is 0 Å². The van der Waals surface area contributed by atoms with Crippen molar-refractivity contribution >= 4 is 11.6 Å². The van der Waals surface area contributed by atoms with Crippen LogP contribution in [0.2, 0.25) is 0 Å². The molecule has 3 heterocycles. The highest BCUT2D eigenvalue weighted by molar-refractivity contribution is 5.79. The molecular weight excluding hydrogens is 280 g/mol. The van der Waals surface area contributed by atoms with Crippen molar-refractivity contribution in [2.24, 2.45) is 5.92 Å². The van der Waals surface area contributed by atoms with E-state index in [0.717, 1.165) is 24.2 Å². The molecule has 118 valence electrons. The second-order valence-corrected chi connectivity index (χ2v) is 6.42. The van der Waals surface area contributed by atoms with Crippen LogP contribution in [0.1, 0.15) is 44.4 Å². The summed E-state index contributed by atoms with van der Waals surface area (Å²) >= 11 is 0. The van der Waals surface area contributed by atoms with Gasteiger partial charge in [-0.15, -0.1) is 0 Å². The summed E-state index contributed by atoms with van der Waals surface area (Å²) in [5, 5.41) is 2.93. The largest absolute Gasteiger partial charge is 0.342 e. The first-order valence-corrected chi connectivity index (χ1v) is 7.87.